The molecule has 1 amide bonds. The summed E-state index contributed by atoms with van der Waals surface area (Å²) in [4.78, 5) is 17.6. The van der Waals surface area contributed by atoms with Gasteiger partial charge in [0.05, 0.1) is 13.2 Å². The smallest absolute Gasteiger partial charge is 0.253 e. The van der Waals surface area contributed by atoms with E-state index in [0.29, 0.717) is 42.6 Å². The fourth-order valence-electron chi connectivity index (χ4n) is 6.94. The molecule has 4 heterocycles. The van der Waals surface area contributed by atoms with Gasteiger partial charge >= 0.3 is 0 Å². The normalized spacial score (nSPS) is 26.9. The van der Waals surface area contributed by atoms with Gasteiger partial charge in [0.2, 0.25) is 0 Å². The minimum Gasteiger partial charge on any atom is -0.497 e. The van der Waals surface area contributed by atoms with Crippen LogP contribution in [0, 0.1) is 5.92 Å². The van der Waals surface area contributed by atoms with Crippen LogP contribution in [0.1, 0.15) is 73.4 Å². The molecule has 0 aromatic heterocycles. The van der Waals surface area contributed by atoms with Gasteiger partial charge in [-0.1, -0.05) is 24.3 Å². The Morgan fingerprint density at radius 1 is 1.00 bits per heavy atom. The van der Waals surface area contributed by atoms with Gasteiger partial charge < -0.3 is 14.4 Å². The average Bonchev–Trinajstić information content (AvgIpc) is 3.47. The number of benzene rings is 2. The Kier molecular flexibility index (Phi) is 6.05. The number of hydrogen-bond acceptors (Lipinski definition) is 4. The Morgan fingerprint density at radius 2 is 1.74 bits per heavy atom. The summed E-state index contributed by atoms with van der Waals surface area (Å²) in [6.45, 7) is 7.29. The summed E-state index contributed by atoms with van der Waals surface area (Å²) in [6.07, 6.45) is 8.28. The third kappa shape index (κ3) is 4.04. The first kappa shape index (κ1) is 22.7. The predicted octanol–water partition coefficient (Wildman–Crippen LogP) is 5.95. The second-order valence-corrected chi connectivity index (χ2v) is 10.4. The number of rotatable bonds is 6. The minimum absolute atomic E-state index is 0.0756. The molecule has 4 aliphatic rings. The lowest BCUT2D eigenvalue weighted by atomic mass is 9.72. The maximum absolute atomic E-state index is 13.0. The Balaban J connectivity index is 1.31. The van der Waals surface area contributed by atoms with Crippen LogP contribution >= 0.6 is 0 Å². The van der Waals surface area contributed by atoms with Crippen molar-refractivity contribution >= 4 is 5.91 Å². The first-order valence-electron chi connectivity index (χ1n) is 13.4. The second-order valence-electron chi connectivity index (χ2n) is 10.4. The molecular formula is C30H36N2O3. The van der Waals surface area contributed by atoms with Gasteiger partial charge in [0.15, 0.2) is 0 Å². The highest BCUT2D eigenvalue weighted by atomic mass is 16.5. The Hall–Kier alpha value is -2.79. The number of carbonyl (C=O) groups is 1. The van der Waals surface area contributed by atoms with Gasteiger partial charge in [-0.25, -0.2) is 0 Å². The summed E-state index contributed by atoms with van der Waals surface area (Å²) in [7, 11) is 0. The standard InChI is InChI=1S/C30H36N2O3/c1-3-31(4-2)30(33)20-11-14-26-28(18-20)35-27-10-6-5-9-25(27)29(26)21-16-22-12-13-23(17-21)32(22)19-24-8-7-15-34-24/h5-6,8-11,14,18,21-23,29H,3-4,7,12-13,15-17,19H2,1-2H3. The van der Waals surface area contributed by atoms with E-state index >= 15 is 0 Å². The third-order valence-corrected chi connectivity index (χ3v) is 8.63. The van der Waals surface area contributed by atoms with Crippen LogP contribution in [0.5, 0.6) is 11.5 Å². The molecule has 0 saturated carbocycles. The van der Waals surface area contributed by atoms with E-state index < -0.39 is 0 Å². The molecule has 6 rings (SSSR count). The van der Waals surface area contributed by atoms with Gasteiger partial charge in [0, 0.05) is 54.2 Å². The molecule has 4 aliphatic heterocycles. The fourth-order valence-corrected chi connectivity index (χ4v) is 6.94. The highest BCUT2D eigenvalue weighted by molar-refractivity contribution is 5.95. The largest absolute Gasteiger partial charge is 0.497 e. The van der Waals surface area contributed by atoms with Crippen LogP contribution in [0.15, 0.2) is 54.3 Å². The van der Waals surface area contributed by atoms with Crippen LogP contribution in [0.3, 0.4) is 0 Å². The van der Waals surface area contributed by atoms with Crippen molar-refractivity contribution < 1.29 is 14.3 Å². The number of ether oxygens (including phenoxy) is 2. The van der Waals surface area contributed by atoms with Crippen LogP contribution in [0.2, 0.25) is 0 Å². The number of piperidine rings is 1. The Bertz CT molecular complexity index is 1120. The molecule has 0 radical (unpaired) electrons. The SMILES string of the molecule is CCN(CC)C(=O)c1ccc2c(c1)Oc1ccccc1C2C1CC2CCC(C1)N2CC1=CCCO1. The zero-order chi connectivity index (χ0) is 23.9. The molecular weight excluding hydrogens is 436 g/mol. The van der Waals surface area contributed by atoms with Crippen molar-refractivity contribution in [1.29, 1.82) is 0 Å². The Labute approximate surface area is 208 Å². The lowest BCUT2D eigenvalue weighted by molar-refractivity contribution is 0.0772. The number of nitrogens with zero attached hydrogens (tertiary/aromatic N) is 2. The van der Waals surface area contributed by atoms with Gasteiger partial charge in [-0.05, 0) is 69.7 Å². The minimum atomic E-state index is 0.0756. The summed E-state index contributed by atoms with van der Waals surface area (Å²) in [5, 5.41) is 0. The van der Waals surface area contributed by atoms with Crippen LogP contribution in [0.4, 0.5) is 0 Å². The van der Waals surface area contributed by atoms with Gasteiger partial charge in [0.1, 0.15) is 17.3 Å². The molecule has 35 heavy (non-hydrogen) atoms. The molecule has 0 aliphatic carbocycles. The molecule has 5 nitrogen and oxygen atoms in total. The van der Waals surface area contributed by atoms with E-state index in [9.17, 15) is 4.79 Å². The van der Waals surface area contributed by atoms with Crippen LogP contribution in [-0.2, 0) is 4.74 Å². The fraction of sp³-hybridized carbons (Fsp3) is 0.500. The number of carbonyl (C=O) groups excluding carboxylic acids is 1. The van der Waals surface area contributed by atoms with Crippen LogP contribution < -0.4 is 4.74 Å². The molecule has 3 unspecified atom stereocenters. The molecule has 3 atom stereocenters. The quantitative estimate of drug-likeness (QED) is 0.521. The topological polar surface area (TPSA) is 42.0 Å². The number of para-hydroxylation sites is 1. The van der Waals surface area contributed by atoms with E-state index in [1.54, 1.807) is 0 Å². The molecule has 2 saturated heterocycles. The average molecular weight is 473 g/mol. The maximum Gasteiger partial charge on any atom is 0.253 e. The number of hydrogen-bond donors (Lipinski definition) is 0. The van der Waals surface area contributed by atoms with Crippen LogP contribution in [-0.4, -0.2) is 54.0 Å². The van der Waals surface area contributed by atoms with Crippen molar-refractivity contribution in [2.24, 2.45) is 5.92 Å². The zero-order valence-electron chi connectivity index (χ0n) is 20.9. The zero-order valence-corrected chi connectivity index (χ0v) is 20.9. The molecule has 2 aromatic rings. The number of amides is 1. The van der Waals surface area contributed by atoms with Gasteiger partial charge in [-0.3, -0.25) is 9.69 Å². The van der Waals surface area contributed by atoms with Crippen molar-refractivity contribution in [2.75, 3.05) is 26.2 Å². The molecule has 2 bridgehead atoms. The molecule has 2 fully saturated rings. The van der Waals surface area contributed by atoms with E-state index in [4.69, 9.17) is 9.47 Å². The van der Waals surface area contributed by atoms with Crippen molar-refractivity contribution in [3.63, 3.8) is 0 Å². The van der Waals surface area contributed by atoms with Crippen LogP contribution in [0.25, 0.3) is 0 Å². The predicted molar refractivity (Wildman–Crippen MR) is 137 cm³/mol. The summed E-state index contributed by atoms with van der Waals surface area (Å²) >= 11 is 0. The summed E-state index contributed by atoms with van der Waals surface area (Å²) in [6, 6.07) is 15.9. The van der Waals surface area contributed by atoms with Gasteiger partial charge in [0.25, 0.3) is 5.91 Å². The van der Waals surface area contributed by atoms with Crippen molar-refractivity contribution in [3.8, 4) is 11.5 Å². The van der Waals surface area contributed by atoms with Crippen molar-refractivity contribution in [3.05, 3.63) is 71.0 Å². The molecule has 2 aromatic carbocycles. The first-order valence-corrected chi connectivity index (χ1v) is 13.4. The molecule has 0 N–H and O–H groups in total. The lowest BCUT2D eigenvalue weighted by Gasteiger charge is -2.43. The van der Waals surface area contributed by atoms with Gasteiger partial charge in [-0.2, -0.15) is 0 Å². The lowest BCUT2D eigenvalue weighted by Crippen LogP contribution is -2.45. The van der Waals surface area contributed by atoms with E-state index in [-0.39, 0.29) is 5.91 Å². The monoisotopic (exact) mass is 472 g/mol. The highest BCUT2D eigenvalue weighted by Gasteiger charge is 2.45. The first-order chi connectivity index (χ1) is 17.2. The molecule has 0 spiro atoms. The Morgan fingerprint density at radius 3 is 2.46 bits per heavy atom. The number of fused-ring (bicyclic) bond motifs is 4. The van der Waals surface area contributed by atoms with Crippen molar-refractivity contribution in [1.82, 2.24) is 9.80 Å². The van der Waals surface area contributed by atoms with Crippen molar-refractivity contribution in [2.45, 2.75) is 64.0 Å². The second kappa shape index (κ2) is 9.34. The maximum atomic E-state index is 13.0. The van der Waals surface area contributed by atoms with E-state index in [2.05, 4.69) is 35.2 Å². The van der Waals surface area contributed by atoms with Gasteiger partial charge in [-0.15, -0.1) is 0 Å². The van der Waals surface area contributed by atoms with E-state index in [1.807, 2.05) is 36.9 Å². The third-order valence-electron chi connectivity index (χ3n) is 8.63. The highest BCUT2D eigenvalue weighted by Crippen LogP contribution is 2.53. The molecule has 5 heteroatoms. The van der Waals surface area contributed by atoms with E-state index in [0.717, 1.165) is 31.1 Å². The summed E-state index contributed by atoms with van der Waals surface area (Å²) in [5.74, 6) is 3.91. The van der Waals surface area contributed by atoms with E-state index in [1.165, 1.54) is 42.6 Å². The molecule has 184 valence electrons. The summed E-state index contributed by atoms with van der Waals surface area (Å²) < 4.78 is 12.3. The summed E-state index contributed by atoms with van der Waals surface area (Å²) in [5.41, 5.74) is 3.24.